The van der Waals surface area contributed by atoms with E-state index in [9.17, 15) is 9.90 Å². The SMILES string of the molecule is Cn1nccc1/C=C/C(=O)NCC1CCC(O)C1. The maximum atomic E-state index is 11.6. The molecule has 1 aliphatic rings. The van der Waals surface area contributed by atoms with E-state index in [1.54, 1.807) is 17.0 Å². The highest BCUT2D eigenvalue weighted by molar-refractivity contribution is 5.91. The molecule has 0 aromatic carbocycles. The van der Waals surface area contributed by atoms with E-state index in [1.165, 1.54) is 6.08 Å². The lowest BCUT2D eigenvalue weighted by molar-refractivity contribution is -0.116. The van der Waals surface area contributed by atoms with Crippen LogP contribution in [0.3, 0.4) is 0 Å². The molecule has 1 aromatic heterocycles. The number of aryl methyl sites for hydroxylation is 1. The number of amides is 1. The van der Waals surface area contributed by atoms with E-state index >= 15 is 0 Å². The Labute approximate surface area is 106 Å². The van der Waals surface area contributed by atoms with Gasteiger partial charge < -0.3 is 10.4 Å². The van der Waals surface area contributed by atoms with Gasteiger partial charge in [0.1, 0.15) is 0 Å². The van der Waals surface area contributed by atoms with Gasteiger partial charge in [-0.05, 0) is 37.3 Å². The topological polar surface area (TPSA) is 67.2 Å². The van der Waals surface area contributed by atoms with Crippen LogP contribution in [-0.4, -0.2) is 33.4 Å². The van der Waals surface area contributed by atoms with Gasteiger partial charge in [-0.15, -0.1) is 0 Å². The molecule has 98 valence electrons. The smallest absolute Gasteiger partial charge is 0.244 e. The van der Waals surface area contributed by atoms with Crippen LogP contribution in [-0.2, 0) is 11.8 Å². The first-order chi connectivity index (χ1) is 8.65. The first kappa shape index (κ1) is 12.8. The summed E-state index contributed by atoms with van der Waals surface area (Å²) in [6, 6.07) is 1.84. The highest BCUT2D eigenvalue weighted by Gasteiger charge is 2.22. The zero-order valence-electron chi connectivity index (χ0n) is 10.5. The van der Waals surface area contributed by atoms with Crippen molar-refractivity contribution in [3.63, 3.8) is 0 Å². The minimum absolute atomic E-state index is 0.0995. The molecule has 0 radical (unpaired) electrons. The van der Waals surface area contributed by atoms with Crippen LogP contribution in [0.4, 0.5) is 0 Å². The van der Waals surface area contributed by atoms with Crippen LogP contribution in [0.25, 0.3) is 6.08 Å². The Bertz CT molecular complexity index is 439. The van der Waals surface area contributed by atoms with Gasteiger partial charge in [-0.1, -0.05) is 0 Å². The Kier molecular flexibility index (Phi) is 4.15. The molecule has 0 bridgehead atoms. The second-order valence-electron chi connectivity index (χ2n) is 4.79. The molecule has 1 fully saturated rings. The predicted octanol–water partition coefficient (Wildman–Crippen LogP) is 0.710. The highest BCUT2D eigenvalue weighted by Crippen LogP contribution is 2.24. The summed E-state index contributed by atoms with van der Waals surface area (Å²) >= 11 is 0. The fourth-order valence-corrected chi connectivity index (χ4v) is 2.25. The number of hydrogen-bond acceptors (Lipinski definition) is 3. The minimum atomic E-state index is -0.183. The molecule has 1 aromatic rings. The van der Waals surface area contributed by atoms with Crippen molar-refractivity contribution in [1.82, 2.24) is 15.1 Å². The Morgan fingerprint density at radius 1 is 1.67 bits per heavy atom. The summed E-state index contributed by atoms with van der Waals surface area (Å²) in [4.78, 5) is 11.6. The molecule has 5 heteroatoms. The van der Waals surface area contributed by atoms with Crippen LogP contribution >= 0.6 is 0 Å². The van der Waals surface area contributed by atoms with E-state index in [2.05, 4.69) is 10.4 Å². The van der Waals surface area contributed by atoms with Crippen molar-refractivity contribution in [2.24, 2.45) is 13.0 Å². The van der Waals surface area contributed by atoms with Crippen LogP contribution in [0.1, 0.15) is 25.0 Å². The monoisotopic (exact) mass is 249 g/mol. The number of nitrogens with one attached hydrogen (secondary N) is 1. The number of nitrogens with zero attached hydrogens (tertiary/aromatic N) is 2. The van der Waals surface area contributed by atoms with Crippen LogP contribution in [0.15, 0.2) is 18.3 Å². The normalized spacial score (nSPS) is 23.7. The number of aliphatic hydroxyl groups excluding tert-OH is 1. The molecule has 5 nitrogen and oxygen atoms in total. The predicted molar refractivity (Wildman–Crippen MR) is 68.6 cm³/mol. The molecule has 1 aliphatic carbocycles. The van der Waals surface area contributed by atoms with Crippen molar-refractivity contribution in [3.05, 3.63) is 24.0 Å². The van der Waals surface area contributed by atoms with Gasteiger partial charge in [0.2, 0.25) is 5.91 Å². The molecule has 2 rings (SSSR count). The summed E-state index contributed by atoms with van der Waals surface area (Å²) in [5, 5.41) is 16.3. The third-order valence-electron chi connectivity index (χ3n) is 3.34. The molecular formula is C13H19N3O2. The first-order valence-corrected chi connectivity index (χ1v) is 6.27. The van der Waals surface area contributed by atoms with Crippen molar-refractivity contribution in [3.8, 4) is 0 Å². The second kappa shape index (κ2) is 5.82. The number of rotatable bonds is 4. The third kappa shape index (κ3) is 3.43. The van der Waals surface area contributed by atoms with Gasteiger partial charge in [0, 0.05) is 25.9 Å². The van der Waals surface area contributed by atoms with Crippen LogP contribution in [0, 0.1) is 5.92 Å². The number of carbonyl (C=O) groups excluding carboxylic acids is 1. The summed E-state index contributed by atoms with van der Waals surface area (Å²) in [6.07, 6.45) is 7.41. The molecule has 2 N–H and O–H groups in total. The Hall–Kier alpha value is -1.62. The van der Waals surface area contributed by atoms with Gasteiger partial charge in [0.25, 0.3) is 0 Å². The average Bonchev–Trinajstić information content (AvgIpc) is 2.93. The molecule has 2 unspecified atom stereocenters. The van der Waals surface area contributed by atoms with E-state index in [4.69, 9.17) is 0 Å². The summed E-state index contributed by atoms with van der Waals surface area (Å²) < 4.78 is 1.71. The average molecular weight is 249 g/mol. The van der Waals surface area contributed by atoms with E-state index in [1.807, 2.05) is 13.1 Å². The maximum Gasteiger partial charge on any atom is 0.244 e. The largest absolute Gasteiger partial charge is 0.393 e. The van der Waals surface area contributed by atoms with Crippen molar-refractivity contribution < 1.29 is 9.90 Å². The highest BCUT2D eigenvalue weighted by atomic mass is 16.3. The zero-order chi connectivity index (χ0) is 13.0. The van der Waals surface area contributed by atoms with Gasteiger partial charge in [-0.3, -0.25) is 9.48 Å². The molecule has 1 amide bonds. The third-order valence-corrected chi connectivity index (χ3v) is 3.34. The van der Waals surface area contributed by atoms with Crippen molar-refractivity contribution in [2.75, 3.05) is 6.54 Å². The zero-order valence-corrected chi connectivity index (χ0v) is 10.5. The molecule has 0 aliphatic heterocycles. The second-order valence-corrected chi connectivity index (χ2v) is 4.79. The molecule has 2 atom stereocenters. The van der Waals surface area contributed by atoms with E-state index in [0.29, 0.717) is 12.5 Å². The summed E-state index contributed by atoms with van der Waals surface area (Å²) in [5.74, 6) is 0.312. The van der Waals surface area contributed by atoms with E-state index in [0.717, 1.165) is 25.0 Å². The minimum Gasteiger partial charge on any atom is -0.393 e. The quantitative estimate of drug-likeness (QED) is 0.772. The van der Waals surface area contributed by atoms with Crippen molar-refractivity contribution in [1.29, 1.82) is 0 Å². The van der Waals surface area contributed by atoms with E-state index < -0.39 is 0 Å². The van der Waals surface area contributed by atoms with Crippen LogP contribution < -0.4 is 5.32 Å². The van der Waals surface area contributed by atoms with Gasteiger partial charge in [0.15, 0.2) is 0 Å². The fourth-order valence-electron chi connectivity index (χ4n) is 2.25. The fraction of sp³-hybridized carbons (Fsp3) is 0.538. The molecule has 0 spiro atoms. The Morgan fingerprint density at radius 3 is 3.11 bits per heavy atom. The number of aromatic nitrogens is 2. The first-order valence-electron chi connectivity index (χ1n) is 6.27. The summed E-state index contributed by atoms with van der Waals surface area (Å²) in [7, 11) is 1.83. The van der Waals surface area contributed by atoms with Gasteiger partial charge in [-0.2, -0.15) is 5.10 Å². The number of hydrogen-bond donors (Lipinski definition) is 2. The number of carbonyl (C=O) groups is 1. The lowest BCUT2D eigenvalue weighted by Gasteiger charge is -2.09. The van der Waals surface area contributed by atoms with Crippen molar-refractivity contribution >= 4 is 12.0 Å². The lowest BCUT2D eigenvalue weighted by atomic mass is 10.1. The Morgan fingerprint density at radius 2 is 2.50 bits per heavy atom. The molecule has 1 saturated carbocycles. The van der Waals surface area contributed by atoms with Crippen LogP contribution in [0.5, 0.6) is 0 Å². The maximum absolute atomic E-state index is 11.6. The van der Waals surface area contributed by atoms with Gasteiger partial charge in [0.05, 0.1) is 11.8 Å². The van der Waals surface area contributed by atoms with Gasteiger partial charge >= 0.3 is 0 Å². The summed E-state index contributed by atoms with van der Waals surface area (Å²) in [6.45, 7) is 0.644. The Balaban J connectivity index is 1.75. The molecule has 0 saturated heterocycles. The number of aliphatic hydroxyl groups is 1. The molecule has 1 heterocycles. The van der Waals surface area contributed by atoms with Crippen LogP contribution in [0.2, 0.25) is 0 Å². The van der Waals surface area contributed by atoms with E-state index in [-0.39, 0.29) is 12.0 Å². The standard InChI is InChI=1S/C13H19N3O2/c1-16-11(6-7-15-16)3-5-13(18)14-9-10-2-4-12(17)8-10/h3,5-7,10,12,17H,2,4,8-9H2,1H3,(H,14,18)/b5-3+. The summed E-state index contributed by atoms with van der Waals surface area (Å²) in [5.41, 5.74) is 0.890. The lowest BCUT2D eigenvalue weighted by Crippen LogP contribution is -2.26. The molecule has 18 heavy (non-hydrogen) atoms. The van der Waals surface area contributed by atoms with Crippen molar-refractivity contribution in [2.45, 2.75) is 25.4 Å². The van der Waals surface area contributed by atoms with Gasteiger partial charge in [-0.25, -0.2) is 0 Å². The molecular weight excluding hydrogens is 230 g/mol.